The number of nitro groups is 1. The number of nitrogens with zero attached hydrogens (tertiary/aromatic N) is 1. The van der Waals surface area contributed by atoms with E-state index in [9.17, 15) is 14.9 Å². The maximum atomic E-state index is 10.5. The van der Waals surface area contributed by atoms with Crippen molar-refractivity contribution in [3.63, 3.8) is 0 Å². The first kappa shape index (κ1) is 15.7. The van der Waals surface area contributed by atoms with Gasteiger partial charge in [-0.25, -0.2) is 4.79 Å². The lowest BCUT2D eigenvalue weighted by Gasteiger charge is -1.96. The lowest BCUT2D eigenvalue weighted by atomic mass is 10.3. The second-order valence-electron chi connectivity index (χ2n) is 3.37. The summed E-state index contributed by atoms with van der Waals surface area (Å²) in [5.74, 6) is -1.40. The van der Waals surface area contributed by atoms with Crippen LogP contribution < -0.4 is 0 Å². The number of hydrogen-bond donors (Lipinski definition) is 3. The van der Waals surface area contributed by atoms with E-state index in [0.29, 0.717) is 0 Å². The molecule has 0 radical (unpaired) electrons. The molecule has 0 bridgehead atoms. The van der Waals surface area contributed by atoms with Gasteiger partial charge in [0.25, 0.3) is 5.69 Å². The Balaban J connectivity index is 0.000000240. The Hall–Kier alpha value is -2.39. The molecule has 0 aliphatic rings. The predicted octanol–water partition coefficient (Wildman–Crippen LogP) is 3.09. The Morgan fingerprint density at radius 1 is 1.20 bits per heavy atom. The fourth-order valence-corrected chi connectivity index (χ4v) is 1.48. The standard InChI is InChI=1S/C6H4N2O4S.C5H5NS/c9-6(10)5-3(8(11)12)1-2-4(13)7-5;7-5-3-1-2-4-6-5/h1-2H,(H,7,13)(H,9,10);1-4H,(H,6,7). The van der Waals surface area contributed by atoms with Gasteiger partial charge in [0.2, 0.25) is 5.69 Å². The highest BCUT2D eigenvalue weighted by Gasteiger charge is 2.19. The summed E-state index contributed by atoms with van der Waals surface area (Å²) in [7, 11) is 0. The third-order valence-electron chi connectivity index (χ3n) is 1.99. The summed E-state index contributed by atoms with van der Waals surface area (Å²) < 4.78 is 0.922. The van der Waals surface area contributed by atoms with Crippen molar-refractivity contribution in [2.45, 2.75) is 0 Å². The molecular formula is C11H9N3O4S2. The first-order valence-electron chi connectivity index (χ1n) is 5.16. The Bertz CT molecular complexity index is 721. The van der Waals surface area contributed by atoms with E-state index in [-0.39, 0.29) is 4.64 Å². The molecule has 0 saturated heterocycles. The van der Waals surface area contributed by atoms with Crippen LogP contribution in [-0.2, 0) is 0 Å². The first-order chi connectivity index (χ1) is 9.41. The molecule has 0 aliphatic heterocycles. The van der Waals surface area contributed by atoms with Gasteiger partial charge in [0.15, 0.2) is 0 Å². The molecule has 2 aromatic rings. The normalized spacial score (nSPS) is 9.20. The molecule has 0 saturated carbocycles. The van der Waals surface area contributed by atoms with Gasteiger partial charge >= 0.3 is 5.97 Å². The van der Waals surface area contributed by atoms with E-state index in [1.54, 1.807) is 0 Å². The van der Waals surface area contributed by atoms with E-state index >= 15 is 0 Å². The number of hydrogen-bond acceptors (Lipinski definition) is 5. The van der Waals surface area contributed by atoms with Gasteiger partial charge in [-0.1, -0.05) is 30.5 Å². The van der Waals surface area contributed by atoms with Crippen molar-refractivity contribution in [2.24, 2.45) is 0 Å². The van der Waals surface area contributed by atoms with E-state index in [4.69, 9.17) is 17.3 Å². The maximum absolute atomic E-state index is 10.5. The van der Waals surface area contributed by atoms with Crippen molar-refractivity contribution in [1.29, 1.82) is 0 Å². The van der Waals surface area contributed by atoms with Crippen LogP contribution in [0.4, 0.5) is 5.69 Å². The third kappa shape index (κ3) is 4.71. The van der Waals surface area contributed by atoms with Crippen LogP contribution in [-0.4, -0.2) is 26.0 Å². The fourth-order valence-electron chi connectivity index (χ4n) is 1.16. The van der Waals surface area contributed by atoms with E-state index in [0.717, 1.165) is 10.7 Å². The number of nitrogens with one attached hydrogen (secondary N) is 2. The summed E-state index contributed by atoms with van der Waals surface area (Å²) in [6, 6.07) is 7.96. The molecule has 20 heavy (non-hydrogen) atoms. The van der Waals surface area contributed by atoms with Crippen molar-refractivity contribution in [2.75, 3.05) is 0 Å². The van der Waals surface area contributed by atoms with Crippen molar-refractivity contribution in [3.8, 4) is 0 Å². The number of rotatable bonds is 2. The molecule has 9 heteroatoms. The number of H-pyrrole nitrogens is 2. The van der Waals surface area contributed by atoms with Gasteiger partial charge in [-0.15, -0.1) is 0 Å². The third-order valence-corrected chi connectivity index (χ3v) is 2.48. The Labute approximate surface area is 123 Å². The SMILES string of the molecule is O=C(O)c1[nH]c(=S)ccc1[N+](=O)[O-].S=c1cccc[nH]1. The lowest BCUT2D eigenvalue weighted by molar-refractivity contribution is -0.385. The second-order valence-corrected chi connectivity index (χ2v) is 4.25. The molecule has 2 rings (SSSR count). The number of carbonyl (C=O) groups is 1. The molecule has 0 spiro atoms. The number of aromatic amines is 2. The molecule has 0 aliphatic carbocycles. The lowest BCUT2D eigenvalue weighted by Crippen LogP contribution is -2.05. The minimum Gasteiger partial charge on any atom is -0.476 e. The molecule has 0 unspecified atom stereocenters. The highest BCUT2D eigenvalue weighted by atomic mass is 32.1. The molecule has 2 heterocycles. The molecule has 0 amide bonds. The first-order valence-corrected chi connectivity index (χ1v) is 5.98. The number of aromatic carboxylic acids is 1. The van der Waals surface area contributed by atoms with Crippen LogP contribution in [0.2, 0.25) is 0 Å². The molecule has 0 atom stereocenters. The summed E-state index contributed by atoms with van der Waals surface area (Å²) in [5, 5.41) is 18.9. The molecule has 3 N–H and O–H groups in total. The van der Waals surface area contributed by atoms with Crippen LogP contribution in [0.5, 0.6) is 0 Å². The Kier molecular flexibility index (Phi) is 5.69. The molecular weight excluding hydrogens is 302 g/mol. The van der Waals surface area contributed by atoms with Gasteiger partial charge in [0.1, 0.15) is 9.28 Å². The van der Waals surface area contributed by atoms with E-state index in [1.807, 2.05) is 24.4 Å². The summed E-state index contributed by atoms with van der Waals surface area (Å²) in [5.41, 5.74) is -1.00. The molecule has 0 fully saturated rings. The van der Waals surface area contributed by atoms with Crippen molar-refractivity contribution in [3.05, 3.63) is 61.6 Å². The van der Waals surface area contributed by atoms with Gasteiger partial charge in [-0.2, -0.15) is 0 Å². The van der Waals surface area contributed by atoms with Crippen LogP contribution in [0, 0.1) is 19.4 Å². The van der Waals surface area contributed by atoms with Gasteiger partial charge in [0, 0.05) is 12.3 Å². The van der Waals surface area contributed by atoms with Crippen LogP contribution in [0.3, 0.4) is 0 Å². The largest absolute Gasteiger partial charge is 0.476 e. The Morgan fingerprint density at radius 3 is 2.30 bits per heavy atom. The van der Waals surface area contributed by atoms with Gasteiger partial charge in [-0.05, 0) is 18.2 Å². The van der Waals surface area contributed by atoms with Crippen LogP contribution in [0.1, 0.15) is 10.5 Å². The number of carboxylic acids is 1. The van der Waals surface area contributed by atoms with Crippen molar-refractivity contribution in [1.82, 2.24) is 9.97 Å². The van der Waals surface area contributed by atoms with Crippen LogP contribution in [0.15, 0.2) is 36.5 Å². The fraction of sp³-hybridized carbons (Fsp3) is 0. The minimum absolute atomic E-state index is 0.142. The minimum atomic E-state index is -1.40. The van der Waals surface area contributed by atoms with Crippen LogP contribution in [0.25, 0.3) is 0 Å². The molecule has 7 nitrogen and oxygen atoms in total. The number of pyridine rings is 2. The molecule has 0 aromatic carbocycles. The van der Waals surface area contributed by atoms with Gasteiger partial charge in [0.05, 0.1) is 4.92 Å². The summed E-state index contributed by atoms with van der Waals surface area (Å²) in [6.45, 7) is 0. The van der Waals surface area contributed by atoms with Gasteiger partial charge < -0.3 is 15.1 Å². The zero-order valence-corrected chi connectivity index (χ0v) is 11.5. The number of carboxylic acid groups (broad SMARTS) is 1. The summed E-state index contributed by atoms with van der Waals surface area (Å²) >= 11 is 9.38. The zero-order valence-electron chi connectivity index (χ0n) is 9.90. The zero-order chi connectivity index (χ0) is 15.1. The molecule has 104 valence electrons. The smallest absolute Gasteiger partial charge is 0.359 e. The quantitative estimate of drug-likeness (QED) is 0.446. The summed E-state index contributed by atoms with van der Waals surface area (Å²) in [4.78, 5) is 25.1. The van der Waals surface area contributed by atoms with Crippen molar-refractivity contribution >= 4 is 36.1 Å². The second kappa shape index (κ2) is 7.26. The highest BCUT2D eigenvalue weighted by Crippen LogP contribution is 2.14. The van der Waals surface area contributed by atoms with E-state index < -0.39 is 22.3 Å². The highest BCUT2D eigenvalue weighted by molar-refractivity contribution is 7.71. The molecule has 2 aromatic heterocycles. The topological polar surface area (TPSA) is 112 Å². The number of aromatic nitrogens is 2. The average molecular weight is 311 g/mol. The van der Waals surface area contributed by atoms with E-state index in [2.05, 4.69) is 22.2 Å². The van der Waals surface area contributed by atoms with E-state index in [1.165, 1.54) is 6.07 Å². The average Bonchev–Trinajstić information content (AvgIpc) is 2.39. The maximum Gasteiger partial charge on any atom is 0.359 e. The summed E-state index contributed by atoms with van der Waals surface area (Å²) in [6.07, 6.45) is 1.81. The predicted molar refractivity (Wildman–Crippen MR) is 76.9 cm³/mol. The monoisotopic (exact) mass is 311 g/mol. The van der Waals surface area contributed by atoms with Gasteiger partial charge in [-0.3, -0.25) is 10.1 Å². The van der Waals surface area contributed by atoms with Crippen molar-refractivity contribution < 1.29 is 14.8 Å². The Morgan fingerprint density at radius 2 is 1.90 bits per heavy atom. The van der Waals surface area contributed by atoms with Crippen LogP contribution >= 0.6 is 24.4 Å².